The minimum Gasteiger partial charge on any atom is -0.473 e. The SMILES string of the molecule is CC(C)(C)NCc1cncc(OC2CCCCCC2)n1. The molecule has 0 radical (unpaired) electrons. The van der Waals surface area contributed by atoms with Crippen LogP contribution in [0.2, 0.25) is 0 Å². The molecule has 0 atom stereocenters. The van der Waals surface area contributed by atoms with E-state index >= 15 is 0 Å². The molecule has 1 fully saturated rings. The van der Waals surface area contributed by atoms with Crippen LogP contribution in [-0.4, -0.2) is 21.6 Å². The van der Waals surface area contributed by atoms with Gasteiger partial charge in [0, 0.05) is 18.3 Å². The van der Waals surface area contributed by atoms with E-state index in [1.807, 2.05) is 0 Å². The molecule has 1 aromatic rings. The Morgan fingerprint density at radius 1 is 1.15 bits per heavy atom. The molecule has 1 N–H and O–H groups in total. The maximum absolute atomic E-state index is 6.01. The Kier molecular flexibility index (Phi) is 5.35. The molecule has 20 heavy (non-hydrogen) atoms. The molecule has 0 amide bonds. The van der Waals surface area contributed by atoms with Crippen LogP contribution >= 0.6 is 0 Å². The van der Waals surface area contributed by atoms with E-state index in [0.29, 0.717) is 12.0 Å². The van der Waals surface area contributed by atoms with E-state index in [1.165, 1.54) is 25.7 Å². The lowest BCUT2D eigenvalue weighted by molar-refractivity contribution is 0.175. The summed E-state index contributed by atoms with van der Waals surface area (Å²) in [5.41, 5.74) is 1.02. The largest absolute Gasteiger partial charge is 0.473 e. The number of nitrogens with one attached hydrogen (secondary N) is 1. The third kappa shape index (κ3) is 5.45. The van der Waals surface area contributed by atoms with Crippen LogP contribution in [0.15, 0.2) is 12.4 Å². The van der Waals surface area contributed by atoms with Crippen molar-refractivity contribution >= 4 is 0 Å². The van der Waals surface area contributed by atoms with Crippen LogP contribution in [0, 0.1) is 0 Å². The standard InChI is InChI=1S/C16H27N3O/c1-16(2,3)18-11-13-10-17-12-15(19-13)20-14-8-6-4-5-7-9-14/h10,12,14,18H,4-9,11H2,1-3H3. The van der Waals surface area contributed by atoms with Gasteiger partial charge in [-0.1, -0.05) is 12.8 Å². The zero-order chi connectivity index (χ0) is 14.4. The van der Waals surface area contributed by atoms with Gasteiger partial charge in [0.2, 0.25) is 5.88 Å². The molecule has 1 heterocycles. The van der Waals surface area contributed by atoms with E-state index in [9.17, 15) is 0 Å². The molecule has 0 aliphatic heterocycles. The summed E-state index contributed by atoms with van der Waals surface area (Å²) in [4.78, 5) is 8.80. The predicted molar refractivity (Wildman–Crippen MR) is 80.7 cm³/mol. The van der Waals surface area contributed by atoms with E-state index in [2.05, 4.69) is 36.1 Å². The molecule has 1 aromatic heterocycles. The fraction of sp³-hybridized carbons (Fsp3) is 0.750. The van der Waals surface area contributed by atoms with Crippen LogP contribution in [0.1, 0.15) is 65.0 Å². The first-order chi connectivity index (χ1) is 9.53. The van der Waals surface area contributed by atoms with Crippen molar-refractivity contribution in [2.45, 2.75) is 77.5 Å². The van der Waals surface area contributed by atoms with Crippen LogP contribution in [0.5, 0.6) is 5.88 Å². The molecule has 1 aliphatic rings. The van der Waals surface area contributed by atoms with Gasteiger partial charge in [-0.3, -0.25) is 4.98 Å². The quantitative estimate of drug-likeness (QED) is 0.856. The fourth-order valence-corrected chi connectivity index (χ4v) is 2.41. The van der Waals surface area contributed by atoms with Crippen molar-refractivity contribution in [3.63, 3.8) is 0 Å². The highest BCUT2D eigenvalue weighted by atomic mass is 16.5. The van der Waals surface area contributed by atoms with Crippen molar-refractivity contribution in [2.75, 3.05) is 0 Å². The summed E-state index contributed by atoms with van der Waals surface area (Å²) in [6, 6.07) is 0. The molecule has 4 nitrogen and oxygen atoms in total. The number of ether oxygens (including phenoxy) is 1. The van der Waals surface area contributed by atoms with E-state index in [-0.39, 0.29) is 5.54 Å². The second-order valence-corrected chi connectivity index (χ2v) is 6.68. The number of hydrogen-bond donors (Lipinski definition) is 1. The van der Waals surface area contributed by atoms with Gasteiger partial charge in [0.1, 0.15) is 6.10 Å². The summed E-state index contributed by atoms with van der Waals surface area (Å²) < 4.78 is 6.01. The average molecular weight is 277 g/mol. The minimum atomic E-state index is 0.0832. The maximum atomic E-state index is 6.01. The highest BCUT2D eigenvalue weighted by Gasteiger charge is 2.15. The summed E-state index contributed by atoms with van der Waals surface area (Å²) in [6.07, 6.45) is 11.3. The molecule has 0 bridgehead atoms. The summed E-state index contributed by atoms with van der Waals surface area (Å²) in [5.74, 6) is 0.671. The Bertz CT molecular complexity index is 406. The van der Waals surface area contributed by atoms with Gasteiger partial charge in [-0.05, 0) is 46.5 Å². The molecule has 0 saturated heterocycles. The third-order valence-corrected chi connectivity index (χ3v) is 3.55. The lowest BCUT2D eigenvalue weighted by Gasteiger charge is -2.20. The van der Waals surface area contributed by atoms with Crippen molar-refractivity contribution in [2.24, 2.45) is 0 Å². The predicted octanol–water partition coefficient (Wildman–Crippen LogP) is 3.47. The van der Waals surface area contributed by atoms with Crippen molar-refractivity contribution in [3.8, 4) is 5.88 Å². The van der Waals surface area contributed by atoms with Gasteiger partial charge in [0.05, 0.1) is 11.9 Å². The Morgan fingerprint density at radius 3 is 2.50 bits per heavy atom. The lowest BCUT2D eigenvalue weighted by Crippen LogP contribution is -2.35. The Morgan fingerprint density at radius 2 is 1.85 bits per heavy atom. The minimum absolute atomic E-state index is 0.0832. The van der Waals surface area contributed by atoms with E-state index < -0.39 is 0 Å². The maximum Gasteiger partial charge on any atom is 0.232 e. The summed E-state index contributed by atoms with van der Waals surface area (Å²) in [6.45, 7) is 7.16. The monoisotopic (exact) mass is 277 g/mol. The number of hydrogen-bond acceptors (Lipinski definition) is 4. The summed E-state index contributed by atoms with van der Waals surface area (Å²) in [5, 5.41) is 3.42. The molecular weight excluding hydrogens is 250 g/mol. The molecule has 2 rings (SSSR count). The molecule has 112 valence electrons. The highest BCUT2D eigenvalue weighted by Crippen LogP contribution is 2.21. The van der Waals surface area contributed by atoms with Gasteiger partial charge < -0.3 is 10.1 Å². The molecule has 0 unspecified atom stereocenters. The van der Waals surface area contributed by atoms with Gasteiger partial charge in [-0.2, -0.15) is 0 Å². The smallest absolute Gasteiger partial charge is 0.232 e. The molecular formula is C16H27N3O. The normalized spacial score (nSPS) is 17.8. The molecule has 4 heteroatoms. The molecule has 1 saturated carbocycles. The molecule has 0 spiro atoms. The average Bonchev–Trinajstić information content (AvgIpc) is 2.65. The van der Waals surface area contributed by atoms with Crippen LogP contribution in [0.4, 0.5) is 0 Å². The second-order valence-electron chi connectivity index (χ2n) is 6.68. The summed E-state index contributed by atoms with van der Waals surface area (Å²) >= 11 is 0. The second kappa shape index (κ2) is 7.02. The van der Waals surface area contributed by atoms with E-state index in [1.54, 1.807) is 12.4 Å². The first-order valence-corrected chi connectivity index (χ1v) is 7.75. The Hall–Kier alpha value is -1.16. The van der Waals surface area contributed by atoms with E-state index in [0.717, 1.165) is 25.1 Å². The van der Waals surface area contributed by atoms with Gasteiger partial charge in [-0.15, -0.1) is 0 Å². The number of nitrogens with zero attached hydrogens (tertiary/aromatic N) is 2. The van der Waals surface area contributed by atoms with Crippen molar-refractivity contribution in [1.82, 2.24) is 15.3 Å². The molecule has 0 aromatic carbocycles. The Balaban J connectivity index is 1.91. The van der Waals surface area contributed by atoms with Crippen LogP contribution in [0.25, 0.3) is 0 Å². The van der Waals surface area contributed by atoms with Crippen LogP contribution in [0.3, 0.4) is 0 Å². The zero-order valence-electron chi connectivity index (χ0n) is 13.0. The third-order valence-electron chi connectivity index (χ3n) is 3.55. The van der Waals surface area contributed by atoms with Gasteiger partial charge in [0.15, 0.2) is 0 Å². The lowest BCUT2D eigenvalue weighted by atomic mass is 10.1. The molecule has 1 aliphatic carbocycles. The van der Waals surface area contributed by atoms with Gasteiger partial charge >= 0.3 is 0 Å². The number of rotatable bonds is 4. The number of aromatic nitrogens is 2. The Labute approximate surface area is 122 Å². The fourth-order valence-electron chi connectivity index (χ4n) is 2.41. The summed E-state index contributed by atoms with van der Waals surface area (Å²) in [7, 11) is 0. The van der Waals surface area contributed by atoms with Crippen LogP contribution < -0.4 is 10.1 Å². The van der Waals surface area contributed by atoms with Gasteiger partial charge in [-0.25, -0.2) is 4.98 Å². The van der Waals surface area contributed by atoms with Gasteiger partial charge in [0.25, 0.3) is 0 Å². The first-order valence-electron chi connectivity index (χ1n) is 7.75. The highest BCUT2D eigenvalue weighted by molar-refractivity contribution is 5.09. The first kappa shape index (κ1) is 15.2. The van der Waals surface area contributed by atoms with Crippen molar-refractivity contribution < 1.29 is 4.74 Å². The van der Waals surface area contributed by atoms with Crippen molar-refractivity contribution in [1.29, 1.82) is 0 Å². The zero-order valence-corrected chi connectivity index (χ0v) is 13.0. The van der Waals surface area contributed by atoms with E-state index in [4.69, 9.17) is 4.74 Å². The topological polar surface area (TPSA) is 47.0 Å². The van der Waals surface area contributed by atoms with Crippen molar-refractivity contribution in [3.05, 3.63) is 18.1 Å². The van der Waals surface area contributed by atoms with Crippen LogP contribution in [-0.2, 0) is 6.54 Å².